The molecule has 0 heterocycles. The van der Waals surface area contributed by atoms with Gasteiger partial charge in [0.1, 0.15) is 5.69 Å². The number of hydrogen-bond donors (Lipinski definition) is 0. The molecular weight excluding hydrogens is 431 g/mol. The maximum atomic E-state index is 14.3. The van der Waals surface area contributed by atoms with E-state index in [2.05, 4.69) is 0 Å². The first-order valence-corrected chi connectivity index (χ1v) is 7.95. The van der Waals surface area contributed by atoms with E-state index in [-0.39, 0.29) is 29.5 Å². The number of alkyl halides is 3. The van der Waals surface area contributed by atoms with Gasteiger partial charge < -0.3 is 4.90 Å². The number of non-ortho nitro benzene ring substituents is 1. The summed E-state index contributed by atoms with van der Waals surface area (Å²) in [6, 6.07) is 0.204. The number of halogens is 7. The van der Waals surface area contributed by atoms with Gasteiger partial charge in [-0.1, -0.05) is 6.92 Å². The van der Waals surface area contributed by atoms with E-state index >= 15 is 0 Å². The fraction of sp³-hybridized carbons (Fsp3) is 0.250. The van der Waals surface area contributed by atoms with Gasteiger partial charge in [-0.3, -0.25) is 20.2 Å². The molecule has 0 atom stereocenters. The molecule has 0 aliphatic carbocycles. The summed E-state index contributed by atoms with van der Waals surface area (Å²) in [5.74, 6) is -8.63. The van der Waals surface area contributed by atoms with E-state index in [0.29, 0.717) is 0 Å². The molecule has 0 N–H and O–H groups in total. The quantitative estimate of drug-likeness (QED) is 0.191. The molecule has 0 aliphatic heterocycles. The molecule has 0 aromatic heterocycles. The summed E-state index contributed by atoms with van der Waals surface area (Å²) in [4.78, 5) is 19.8. The third-order valence-electron chi connectivity index (χ3n) is 3.88. The summed E-state index contributed by atoms with van der Waals surface area (Å²) >= 11 is 0. The fourth-order valence-electron chi connectivity index (χ4n) is 2.68. The van der Waals surface area contributed by atoms with Crippen LogP contribution >= 0.6 is 0 Å². The van der Waals surface area contributed by atoms with Crippen molar-refractivity contribution >= 4 is 22.7 Å². The smallest absolute Gasteiger partial charge is 0.333 e. The summed E-state index contributed by atoms with van der Waals surface area (Å²) in [6.07, 6.45) is -5.52. The summed E-state index contributed by atoms with van der Waals surface area (Å²) in [5.41, 5.74) is -7.30. The molecule has 30 heavy (non-hydrogen) atoms. The number of nitro groups is 2. The molecule has 0 saturated heterocycles. The Morgan fingerprint density at radius 2 is 1.53 bits per heavy atom. The molecule has 0 bridgehead atoms. The van der Waals surface area contributed by atoms with Crippen LogP contribution in [-0.2, 0) is 6.18 Å². The van der Waals surface area contributed by atoms with Gasteiger partial charge in [0.2, 0.25) is 0 Å². The number of anilines is 2. The van der Waals surface area contributed by atoms with Crippen LogP contribution in [0.4, 0.5) is 53.5 Å². The van der Waals surface area contributed by atoms with E-state index in [1.165, 1.54) is 6.92 Å². The number of hydrogen-bond acceptors (Lipinski definition) is 5. The van der Waals surface area contributed by atoms with E-state index in [4.69, 9.17) is 0 Å². The van der Waals surface area contributed by atoms with Crippen LogP contribution in [0.1, 0.15) is 18.9 Å². The Hall–Kier alpha value is -3.45. The normalized spacial score (nSPS) is 11.5. The summed E-state index contributed by atoms with van der Waals surface area (Å²) in [6.45, 7) is 0.717. The zero-order valence-corrected chi connectivity index (χ0v) is 14.8. The van der Waals surface area contributed by atoms with Gasteiger partial charge >= 0.3 is 6.18 Å². The van der Waals surface area contributed by atoms with Gasteiger partial charge in [-0.05, 0) is 6.42 Å². The lowest BCUT2D eigenvalue weighted by atomic mass is 10.1. The maximum Gasteiger partial charge on any atom is 0.418 e. The molecule has 0 unspecified atom stereocenters. The fourth-order valence-corrected chi connectivity index (χ4v) is 2.68. The molecule has 0 saturated carbocycles. The van der Waals surface area contributed by atoms with Gasteiger partial charge in [-0.25, -0.2) is 17.6 Å². The molecule has 0 amide bonds. The van der Waals surface area contributed by atoms with E-state index in [9.17, 15) is 51.0 Å². The molecule has 14 heteroatoms. The molecule has 0 spiro atoms. The second kappa shape index (κ2) is 8.12. The Morgan fingerprint density at radius 3 is 2.00 bits per heavy atom. The minimum absolute atomic E-state index is 0.0286. The van der Waals surface area contributed by atoms with E-state index in [1.54, 1.807) is 0 Å². The Kier molecular flexibility index (Phi) is 6.18. The first-order valence-electron chi connectivity index (χ1n) is 7.95. The van der Waals surface area contributed by atoms with Crippen LogP contribution in [0.15, 0.2) is 18.2 Å². The Labute approximate surface area is 162 Å². The van der Waals surface area contributed by atoms with Crippen molar-refractivity contribution < 1.29 is 40.6 Å². The van der Waals surface area contributed by atoms with Crippen LogP contribution in [0.5, 0.6) is 0 Å². The zero-order valence-electron chi connectivity index (χ0n) is 14.8. The van der Waals surface area contributed by atoms with Gasteiger partial charge in [0.05, 0.1) is 27.2 Å². The van der Waals surface area contributed by atoms with Crippen molar-refractivity contribution in [2.75, 3.05) is 11.4 Å². The van der Waals surface area contributed by atoms with Gasteiger partial charge in [0.25, 0.3) is 11.4 Å². The van der Waals surface area contributed by atoms with Gasteiger partial charge in [-0.15, -0.1) is 0 Å². The summed E-state index contributed by atoms with van der Waals surface area (Å²) in [7, 11) is 0. The standard InChI is InChI=1S/C16H10F7N3O4/c1-2-3-24(10-6-9(17)12(18)14(20)13(10)19)15-8(16(21,22)23)4-7(25(27)28)5-11(15)26(29)30/h4-6H,2-3H2,1H3. The Morgan fingerprint density at radius 1 is 0.933 bits per heavy atom. The van der Waals surface area contributed by atoms with E-state index in [0.717, 1.165) is 0 Å². The number of nitrogens with zero attached hydrogens (tertiary/aromatic N) is 3. The van der Waals surface area contributed by atoms with Crippen LogP contribution in [0, 0.1) is 43.5 Å². The van der Waals surface area contributed by atoms with Crippen molar-refractivity contribution in [3.8, 4) is 0 Å². The molecule has 0 fully saturated rings. The minimum atomic E-state index is -5.41. The third-order valence-corrected chi connectivity index (χ3v) is 3.88. The van der Waals surface area contributed by atoms with Crippen LogP contribution in [0.25, 0.3) is 0 Å². The second-order valence-electron chi connectivity index (χ2n) is 5.84. The van der Waals surface area contributed by atoms with E-state index in [1.807, 2.05) is 0 Å². The lowest BCUT2D eigenvalue weighted by molar-refractivity contribution is -0.394. The molecule has 2 aromatic rings. The highest BCUT2D eigenvalue weighted by atomic mass is 19.4. The molecule has 0 radical (unpaired) electrons. The predicted molar refractivity (Wildman–Crippen MR) is 88.3 cm³/mol. The van der Waals surface area contributed by atoms with Crippen molar-refractivity contribution in [3.05, 3.63) is 67.3 Å². The average molecular weight is 441 g/mol. The van der Waals surface area contributed by atoms with Crippen molar-refractivity contribution in [3.63, 3.8) is 0 Å². The van der Waals surface area contributed by atoms with Crippen molar-refractivity contribution in [1.29, 1.82) is 0 Å². The van der Waals surface area contributed by atoms with Crippen LogP contribution < -0.4 is 4.90 Å². The first-order chi connectivity index (χ1) is 13.8. The summed E-state index contributed by atoms with van der Waals surface area (Å²) in [5, 5.41) is 22.3. The molecule has 2 aromatic carbocycles. The average Bonchev–Trinajstić information content (AvgIpc) is 2.65. The van der Waals surface area contributed by atoms with E-state index < -0.39 is 74.1 Å². The van der Waals surface area contributed by atoms with Crippen molar-refractivity contribution in [1.82, 2.24) is 0 Å². The zero-order chi connectivity index (χ0) is 23.0. The monoisotopic (exact) mass is 441 g/mol. The SMILES string of the molecule is CCCN(c1cc(F)c(F)c(F)c1F)c1c([N+](=O)[O-])cc([N+](=O)[O-])cc1C(F)(F)F. The Bertz CT molecular complexity index is 1030. The highest BCUT2D eigenvalue weighted by Gasteiger charge is 2.42. The first kappa shape index (κ1) is 22.8. The van der Waals surface area contributed by atoms with Crippen LogP contribution in [0.3, 0.4) is 0 Å². The van der Waals surface area contributed by atoms with Crippen LogP contribution in [-0.4, -0.2) is 16.4 Å². The van der Waals surface area contributed by atoms with Gasteiger partial charge in [-0.2, -0.15) is 13.2 Å². The Balaban J connectivity index is 3.00. The number of benzene rings is 2. The number of nitro benzene ring substituents is 2. The van der Waals surface area contributed by atoms with Crippen molar-refractivity contribution in [2.45, 2.75) is 19.5 Å². The minimum Gasteiger partial charge on any atom is -0.333 e. The molecule has 162 valence electrons. The highest BCUT2D eigenvalue weighted by molar-refractivity contribution is 5.78. The predicted octanol–water partition coefficient (Wildman–Crippen LogP) is 5.63. The molecule has 2 rings (SSSR count). The molecule has 0 aliphatic rings. The summed E-state index contributed by atoms with van der Waals surface area (Å²) < 4.78 is 95.7. The molecule has 7 nitrogen and oxygen atoms in total. The lowest BCUT2D eigenvalue weighted by Gasteiger charge is -2.27. The van der Waals surface area contributed by atoms with Crippen LogP contribution in [0.2, 0.25) is 0 Å². The number of rotatable bonds is 6. The topological polar surface area (TPSA) is 89.5 Å². The van der Waals surface area contributed by atoms with Gasteiger partial charge in [0, 0.05) is 18.7 Å². The lowest BCUT2D eigenvalue weighted by Crippen LogP contribution is -2.25. The largest absolute Gasteiger partial charge is 0.418 e. The second-order valence-corrected chi connectivity index (χ2v) is 5.84. The maximum absolute atomic E-state index is 14.3. The van der Waals surface area contributed by atoms with Crippen molar-refractivity contribution in [2.24, 2.45) is 0 Å². The van der Waals surface area contributed by atoms with Gasteiger partial charge in [0.15, 0.2) is 23.3 Å². The highest BCUT2D eigenvalue weighted by Crippen LogP contribution is 2.47. The third kappa shape index (κ3) is 4.11. The molecular formula is C16H10F7N3O4.